The Kier molecular flexibility index (Phi) is 10.3. The van der Waals surface area contributed by atoms with Gasteiger partial charge >= 0.3 is 0 Å². The lowest BCUT2D eigenvalue weighted by Gasteiger charge is -2.15. The van der Waals surface area contributed by atoms with Gasteiger partial charge < -0.3 is 14.2 Å². The molecule has 0 fully saturated rings. The van der Waals surface area contributed by atoms with Crippen LogP contribution in [0.4, 0.5) is 0 Å². The molecule has 3 rings (SSSR count). The molecule has 0 unspecified atom stereocenters. The molecule has 0 saturated carbocycles. The summed E-state index contributed by atoms with van der Waals surface area (Å²) in [6.07, 6.45) is 2.45. The van der Waals surface area contributed by atoms with Gasteiger partial charge in [-0.25, -0.2) is 5.43 Å². The van der Waals surface area contributed by atoms with Crippen LogP contribution in [-0.4, -0.2) is 25.3 Å². The molecule has 0 aliphatic heterocycles. The Morgan fingerprint density at radius 2 is 1.77 bits per heavy atom. The van der Waals surface area contributed by atoms with Gasteiger partial charge in [0.15, 0.2) is 11.5 Å². The fourth-order valence-electron chi connectivity index (χ4n) is 3.00. The number of carbonyl (C=O) groups excluding carboxylic acids is 1. The Labute approximate surface area is 223 Å². The first-order chi connectivity index (χ1) is 16.9. The normalized spacial score (nSPS) is 10.9. The van der Waals surface area contributed by atoms with Crippen LogP contribution in [0.15, 0.2) is 64.2 Å². The van der Waals surface area contributed by atoms with Gasteiger partial charge in [-0.2, -0.15) is 5.10 Å². The number of nitrogens with one attached hydrogen (secondary N) is 1. The average Bonchev–Trinajstić information content (AvgIpc) is 2.85. The zero-order valence-corrected chi connectivity index (χ0v) is 22.4. The van der Waals surface area contributed by atoms with Crippen molar-refractivity contribution in [3.8, 4) is 17.2 Å². The molecule has 1 amide bonds. The van der Waals surface area contributed by atoms with Crippen molar-refractivity contribution in [1.29, 1.82) is 0 Å². The van der Waals surface area contributed by atoms with Crippen molar-refractivity contribution in [3.05, 3.63) is 85.8 Å². The van der Waals surface area contributed by atoms with E-state index in [0.717, 1.165) is 17.7 Å². The van der Waals surface area contributed by atoms with E-state index in [1.807, 2.05) is 26.0 Å². The molecule has 0 aromatic heterocycles. The van der Waals surface area contributed by atoms with Gasteiger partial charge in [0.1, 0.15) is 12.4 Å². The molecule has 0 aliphatic rings. The van der Waals surface area contributed by atoms with Crippen molar-refractivity contribution in [2.75, 3.05) is 13.2 Å². The average molecular weight is 580 g/mol. The third-order valence-electron chi connectivity index (χ3n) is 4.67. The van der Waals surface area contributed by atoms with Crippen molar-refractivity contribution in [2.45, 2.75) is 26.9 Å². The van der Waals surface area contributed by atoms with Crippen LogP contribution in [0.3, 0.4) is 0 Å². The number of hydrazone groups is 1. The lowest BCUT2D eigenvalue weighted by atomic mass is 10.2. The molecule has 0 aliphatic carbocycles. The standard InChI is InChI=1S/C26H25BrCl2N2O4/c1-3-11-34-20-8-6-19(7-9-20)26(32)31-30-15-18-12-21(27)25(24(14-18)33-4-2)35-16-17-5-10-22(28)23(29)13-17/h5-10,12-15H,3-4,11,16H2,1-2H3,(H,31,32)/b30-15-. The first-order valence-corrected chi connectivity index (χ1v) is 12.6. The van der Waals surface area contributed by atoms with Crippen LogP contribution in [0.1, 0.15) is 41.8 Å². The minimum absolute atomic E-state index is 0.279. The van der Waals surface area contributed by atoms with Crippen LogP contribution in [0.2, 0.25) is 10.0 Å². The van der Waals surface area contributed by atoms with E-state index >= 15 is 0 Å². The van der Waals surface area contributed by atoms with Crippen molar-refractivity contribution < 1.29 is 19.0 Å². The molecule has 0 atom stereocenters. The highest BCUT2D eigenvalue weighted by Gasteiger charge is 2.13. The van der Waals surface area contributed by atoms with Crippen LogP contribution in [0, 0.1) is 0 Å². The van der Waals surface area contributed by atoms with Crippen LogP contribution in [0.25, 0.3) is 0 Å². The fourth-order valence-corrected chi connectivity index (χ4v) is 3.90. The van der Waals surface area contributed by atoms with Crippen LogP contribution < -0.4 is 19.6 Å². The molecule has 184 valence electrons. The number of benzene rings is 3. The summed E-state index contributed by atoms with van der Waals surface area (Å²) in [7, 11) is 0. The maximum Gasteiger partial charge on any atom is 0.271 e. The largest absolute Gasteiger partial charge is 0.494 e. The molecule has 3 aromatic rings. The SMILES string of the molecule is CCCOc1ccc(C(=O)N/N=C\c2cc(Br)c(OCc3ccc(Cl)c(Cl)c3)c(OCC)c2)cc1. The topological polar surface area (TPSA) is 69.2 Å². The van der Waals surface area contributed by atoms with Gasteiger partial charge in [0, 0.05) is 5.56 Å². The van der Waals surface area contributed by atoms with Crippen molar-refractivity contribution in [1.82, 2.24) is 5.43 Å². The second kappa shape index (κ2) is 13.4. The quantitative estimate of drug-likeness (QED) is 0.191. The predicted octanol–water partition coefficient (Wildman–Crippen LogP) is 7.29. The van der Waals surface area contributed by atoms with E-state index in [1.165, 1.54) is 6.21 Å². The van der Waals surface area contributed by atoms with Gasteiger partial charge in [0.05, 0.1) is 33.9 Å². The number of halogens is 3. The van der Waals surface area contributed by atoms with Crippen molar-refractivity contribution in [3.63, 3.8) is 0 Å². The molecule has 0 spiro atoms. The fraction of sp³-hybridized carbons (Fsp3) is 0.231. The van der Waals surface area contributed by atoms with Gasteiger partial charge in [-0.15, -0.1) is 0 Å². The number of ether oxygens (including phenoxy) is 3. The van der Waals surface area contributed by atoms with E-state index in [4.69, 9.17) is 37.4 Å². The zero-order valence-electron chi connectivity index (χ0n) is 19.3. The van der Waals surface area contributed by atoms with Crippen LogP contribution >= 0.6 is 39.1 Å². The molecule has 35 heavy (non-hydrogen) atoms. The lowest BCUT2D eigenvalue weighted by molar-refractivity contribution is 0.0955. The molecule has 6 nitrogen and oxygen atoms in total. The molecule has 0 saturated heterocycles. The molecular weight excluding hydrogens is 555 g/mol. The summed E-state index contributed by atoms with van der Waals surface area (Å²) in [6, 6.07) is 15.8. The Hall–Kier alpha value is -2.74. The van der Waals surface area contributed by atoms with Crippen molar-refractivity contribution in [2.24, 2.45) is 5.10 Å². The summed E-state index contributed by atoms with van der Waals surface area (Å²) in [5.41, 5.74) is 4.59. The van der Waals surface area contributed by atoms with E-state index in [0.29, 0.717) is 50.4 Å². The van der Waals surface area contributed by atoms with Crippen LogP contribution in [-0.2, 0) is 6.61 Å². The highest BCUT2D eigenvalue weighted by Crippen LogP contribution is 2.37. The van der Waals surface area contributed by atoms with Gasteiger partial charge in [-0.1, -0.05) is 36.2 Å². The van der Waals surface area contributed by atoms with Gasteiger partial charge in [0.25, 0.3) is 5.91 Å². The molecule has 0 radical (unpaired) electrons. The van der Waals surface area contributed by atoms with E-state index in [-0.39, 0.29) is 12.5 Å². The first kappa shape index (κ1) is 26.9. The Morgan fingerprint density at radius 1 is 1.00 bits per heavy atom. The monoisotopic (exact) mass is 578 g/mol. The van der Waals surface area contributed by atoms with Crippen molar-refractivity contribution >= 4 is 51.3 Å². The highest BCUT2D eigenvalue weighted by atomic mass is 79.9. The number of amides is 1. The Morgan fingerprint density at radius 3 is 2.46 bits per heavy atom. The van der Waals surface area contributed by atoms with Gasteiger partial charge in [0.2, 0.25) is 0 Å². The smallest absolute Gasteiger partial charge is 0.271 e. The molecular formula is C26H25BrCl2N2O4. The van der Waals surface area contributed by atoms with E-state index in [2.05, 4.69) is 26.5 Å². The molecule has 1 N–H and O–H groups in total. The number of hydrogen-bond acceptors (Lipinski definition) is 5. The number of carbonyl (C=O) groups is 1. The predicted molar refractivity (Wildman–Crippen MR) is 143 cm³/mol. The van der Waals surface area contributed by atoms with Gasteiger partial charge in [-0.3, -0.25) is 4.79 Å². The summed E-state index contributed by atoms with van der Waals surface area (Å²) in [5, 5.41) is 5.02. The van der Waals surface area contributed by atoms with E-state index in [1.54, 1.807) is 42.5 Å². The highest BCUT2D eigenvalue weighted by molar-refractivity contribution is 9.10. The molecule has 0 bridgehead atoms. The Balaban J connectivity index is 1.67. The van der Waals surface area contributed by atoms with Gasteiger partial charge in [-0.05, 0) is 88.9 Å². The first-order valence-electron chi connectivity index (χ1n) is 11.0. The summed E-state index contributed by atoms with van der Waals surface area (Å²) in [6.45, 7) is 5.28. The minimum Gasteiger partial charge on any atom is -0.494 e. The zero-order chi connectivity index (χ0) is 25.2. The van der Waals surface area contributed by atoms with E-state index < -0.39 is 0 Å². The van der Waals surface area contributed by atoms with Crippen LogP contribution in [0.5, 0.6) is 17.2 Å². The minimum atomic E-state index is -0.325. The number of nitrogens with zero attached hydrogens (tertiary/aromatic N) is 1. The molecule has 0 heterocycles. The number of rotatable bonds is 11. The van der Waals surface area contributed by atoms with E-state index in [9.17, 15) is 4.79 Å². The molecule has 3 aromatic carbocycles. The second-order valence-electron chi connectivity index (χ2n) is 7.37. The lowest BCUT2D eigenvalue weighted by Crippen LogP contribution is -2.17. The maximum absolute atomic E-state index is 12.4. The molecule has 9 heteroatoms. The second-order valence-corrected chi connectivity index (χ2v) is 9.04. The maximum atomic E-state index is 12.4. The Bertz CT molecular complexity index is 1190. The summed E-state index contributed by atoms with van der Waals surface area (Å²) in [4.78, 5) is 12.4. The summed E-state index contributed by atoms with van der Waals surface area (Å²) >= 11 is 15.6. The summed E-state index contributed by atoms with van der Waals surface area (Å²) < 4.78 is 18.0. The number of hydrogen-bond donors (Lipinski definition) is 1. The third-order valence-corrected chi connectivity index (χ3v) is 6.00. The summed E-state index contributed by atoms with van der Waals surface area (Å²) in [5.74, 6) is 1.48. The third kappa shape index (κ3) is 7.88.